The summed E-state index contributed by atoms with van der Waals surface area (Å²) < 4.78 is 0. The predicted molar refractivity (Wildman–Crippen MR) is 133 cm³/mol. The zero-order valence-corrected chi connectivity index (χ0v) is 20.3. The fourth-order valence-corrected chi connectivity index (χ4v) is 5.94. The van der Waals surface area contributed by atoms with E-state index in [1.807, 2.05) is 0 Å². The highest BCUT2D eigenvalue weighted by Gasteiger charge is 2.41. The van der Waals surface area contributed by atoms with E-state index in [1.165, 1.54) is 24.1 Å². The largest absolute Gasteiger partial charge is 0.371 e. The van der Waals surface area contributed by atoms with Gasteiger partial charge in [-0.05, 0) is 75.6 Å². The molecule has 1 aromatic heterocycles. The van der Waals surface area contributed by atoms with Crippen LogP contribution in [0.1, 0.15) is 63.5 Å². The molecule has 1 aromatic carbocycles. The van der Waals surface area contributed by atoms with Crippen LogP contribution in [-0.4, -0.2) is 65.0 Å². The van der Waals surface area contributed by atoms with Gasteiger partial charge in [-0.1, -0.05) is 12.1 Å². The van der Waals surface area contributed by atoms with Crippen molar-refractivity contribution in [3.05, 3.63) is 47.8 Å². The number of nitrogens with zero attached hydrogens (tertiary/aromatic N) is 5. The fraction of sp³-hybridized carbons (Fsp3) is 0.593. The molecule has 2 bridgehead atoms. The average Bonchev–Trinajstić information content (AvgIpc) is 3.08. The molecular weight excluding hydrogens is 410 g/mol. The molecule has 3 saturated heterocycles. The molecule has 0 radical (unpaired) electrons. The normalized spacial score (nSPS) is 24.0. The number of ketones is 1. The molecule has 2 unspecified atom stereocenters. The summed E-state index contributed by atoms with van der Waals surface area (Å²) in [6, 6.07) is 10.2. The molecule has 0 saturated carbocycles. The number of carbonyl (C=O) groups excluding carboxylic acids is 1. The molecule has 0 spiro atoms. The van der Waals surface area contributed by atoms with Crippen LogP contribution in [0.25, 0.3) is 0 Å². The summed E-state index contributed by atoms with van der Waals surface area (Å²) in [6.45, 7) is 10.6. The number of piperidine rings is 1. The number of carbonyl (C=O) groups is 1. The van der Waals surface area contributed by atoms with Crippen LogP contribution in [0.15, 0.2) is 36.7 Å². The van der Waals surface area contributed by atoms with Crippen LogP contribution in [0.2, 0.25) is 0 Å². The van der Waals surface area contributed by atoms with Gasteiger partial charge in [0.1, 0.15) is 5.78 Å². The van der Waals surface area contributed by atoms with E-state index >= 15 is 0 Å². The van der Waals surface area contributed by atoms with E-state index in [1.54, 1.807) is 6.92 Å². The summed E-state index contributed by atoms with van der Waals surface area (Å²) in [5.74, 6) is 1.67. The smallest absolute Gasteiger partial charge is 0.225 e. The lowest BCUT2D eigenvalue weighted by Gasteiger charge is -2.42. The summed E-state index contributed by atoms with van der Waals surface area (Å²) in [5, 5.41) is 0. The van der Waals surface area contributed by atoms with Gasteiger partial charge in [0.05, 0.1) is 0 Å². The van der Waals surface area contributed by atoms with Crippen LogP contribution in [0.5, 0.6) is 0 Å². The second-order valence-electron chi connectivity index (χ2n) is 10.5. The first kappa shape index (κ1) is 22.3. The molecule has 2 atom stereocenters. The third kappa shape index (κ3) is 4.77. The first-order valence-corrected chi connectivity index (χ1v) is 12.7. The molecule has 0 N–H and O–H groups in total. The Labute approximate surface area is 198 Å². The number of aromatic nitrogens is 2. The summed E-state index contributed by atoms with van der Waals surface area (Å²) in [5.41, 5.74) is 3.63. The van der Waals surface area contributed by atoms with Gasteiger partial charge in [-0.3, -0.25) is 9.69 Å². The van der Waals surface area contributed by atoms with Crippen molar-refractivity contribution in [2.45, 2.75) is 76.9 Å². The molecule has 6 heteroatoms. The van der Waals surface area contributed by atoms with E-state index in [9.17, 15) is 4.79 Å². The summed E-state index contributed by atoms with van der Waals surface area (Å²) in [4.78, 5) is 28.6. The van der Waals surface area contributed by atoms with Crippen LogP contribution in [0.4, 0.5) is 11.6 Å². The quantitative estimate of drug-likeness (QED) is 0.666. The van der Waals surface area contributed by atoms with E-state index in [2.05, 4.69) is 65.2 Å². The maximum atomic E-state index is 11.3. The van der Waals surface area contributed by atoms with Gasteiger partial charge >= 0.3 is 0 Å². The molecular formula is C27H37N5O. The van der Waals surface area contributed by atoms with Gasteiger partial charge in [0.25, 0.3) is 0 Å². The lowest BCUT2D eigenvalue weighted by molar-refractivity contribution is -0.116. The van der Waals surface area contributed by atoms with E-state index in [-0.39, 0.29) is 5.78 Å². The molecule has 3 aliphatic rings. The van der Waals surface area contributed by atoms with Crippen molar-refractivity contribution in [1.82, 2.24) is 14.9 Å². The van der Waals surface area contributed by atoms with Gasteiger partial charge in [0.2, 0.25) is 5.95 Å². The maximum absolute atomic E-state index is 11.3. The zero-order chi connectivity index (χ0) is 22.9. The van der Waals surface area contributed by atoms with Crippen molar-refractivity contribution < 1.29 is 4.79 Å². The molecule has 0 amide bonds. The van der Waals surface area contributed by atoms with E-state index < -0.39 is 0 Å². The number of Topliss-reactive ketones (excluding diaryl/α,β-unsaturated/α-hetero) is 1. The minimum absolute atomic E-state index is 0.210. The van der Waals surface area contributed by atoms with Gasteiger partial charge in [-0.15, -0.1) is 0 Å². The highest BCUT2D eigenvalue weighted by atomic mass is 16.1. The Morgan fingerprint density at radius 1 is 0.970 bits per heavy atom. The van der Waals surface area contributed by atoms with Crippen molar-refractivity contribution in [1.29, 1.82) is 0 Å². The number of benzene rings is 1. The lowest BCUT2D eigenvalue weighted by atomic mass is 9.91. The van der Waals surface area contributed by atoms with Crippen LogP contribution < -0.4 is 9.80 Å². The summed E-state index contributed by atoms with van der Waals surface area (Å²) in [6.07, 6.45) is 9.46. The van der Waals surface area contributed by atoms with Gasteiger partial charge < -0.3 is 9.80 Å². The molecule has 0 aliphatic carbocycles. The topological polar surface area (TPSA) is 52.6 Å². The minimum atomic E-state index is 0.210. The van der Waals surface area contributed by atoms with Crippen molar-refractivity contribution in [3.8, 4) is 0 Å². The molecule has 3 aliphatic heterocycles. The van der Waals surface area contributed by atoms with E-state index in [4.69, 9.17) is 9.97 Å². The van der Waals surface area contributed by atoms with Crippen molar-refractivity contribution in [2.75, 3.05) is 36.0 Å². The molecule has 6 nitrogen and oxygen atoms in total. The molecule has 176 valence electrons. The van der Waals surface area contributed by atoms with Crippen molar-refractivity contribution >= 4 is 17.4 Å². The number of fused-ring (bicyclic) bond motifs is 2. The van der Waals surface area contributed by atoms with E-state index in [0.717, 1.165) is 50.5 Å². The van der Waals surface area contributed by atoms with Crippen molar-refractivity contribution in [3.63, 3.8) is 0 Å². The number of hydrogen-bond acceptors (Lipinski definition) is 6. The number of hydrogen-bond donors (Lipinski definition) is 0. The monoisotopic (exact) mass is 447 g/mol. The molecule has 3 fully saturated rings. The second kappa shape index (κ2) is 9.41. The summed E-state index contributed by atoms with van der Waals surface area (Å²) in [7, 11) is 0. The fourth-order valence-electron chi connectivity index (χ4n) is 5.94. The third-order valence-electron chi connectivity index (χ3n) is 7.85. The SMILES string of the molecule is CC(=O)Cc1ccc(N2CCC(c3cnc(N4C5CCC4CN(C(C)C)C5)nc3)CC2)cc1. The summed E-state index contributed by atoms with van der Waals surface area (Å²) >= 11 is 0. The zero-order valence-electron chi connectivity index (χ0n) is 20.3. The Kier molecular flexibility index (Phi) is 6.37. The van der Waals surface area contributed by atoms with Crippen molar-refractivity contribution in [2.24, 2.45) is 0 Å². The number of likely N-dealkylation sites (tertiary alicyclic amines) is 1. The molecule has 4 heterocycles. The minimum Gasteiger partial charge on any atom is -0.371 e. The van der Waals surface area contributed by atoms with Gasteiger partial charge in [-0.2, -0.15) is 0 Å². The Hall–Kier alpha value is -2.47. The Morgan fingerprint density at radius 2 is 1.58 bits per heavy atom. The van der Waals surface area contributed by atoms with E-state index in [0.29, 0.717) is 30.5 Å². The highest BCUT2D eigenvalue weighted by molar-refractivity contribution is 5.78. The van der Waals surface area contributed by atoms with Gasteiger partial charge in [-0.25, -0.2) is 9.97 Å². The maximum Gasteiger partial charge on any atom is 0.225 e. The third-order valence-corrected chi connectivity index (χ3v) is 7.85. The molecule has 5 rings (SSSR count). The van der Waals surface area contributed by atoms with Crippen LogP contribution >= 0.6 is 0 Å². The first-order chi connectivity index (χ1) is 16.0. The first-order valence-electron chi connectivity index (χ1n) is 12.7. The Morgan fingerprint density at radius 3 is 2.12 bits per heavy atom. The number of anilines is 2. The second-order valence-corrected chi connectivity index (χ2v) is 10.5. The standard InChI is InChI=1S/C27H37N5O/c1-19(2)31-17-25-8-9-26(18-31)32(25)27-28-15-23(16-29-27)22-10-12-30(13-11-22)24-6-4-21(5-7-24)14-20(3)33/h4-7,15-16,19,22,25-26H,8-14,17-18H2,1-3H3. The lowest BCUT2D eigenvalue weighted by Crippen LogP contribution is -2.56. The molecule has 2 aromatic rings. The van der Waals surface area contributed by atoms with Gasteiger partial charge in [0, 0.05) is 68.8 Å². The van der Waals surface area contributed by atoms with Crippen LogP contribution in [-0.2, 0) is 11.2 Å². The van der Waals surface area contributed by atoms with Crippen LogP contribution in [0, 0.1) is 0 Å². The number of piperazine rings is 1. The highest BCUT2D eigenvalue weighted by Crippen LogP contribution is 2.35. The van der Waals surface area contributed by atoms with Crippen LogP contribution in [0.3, 0.4) is 0 Å². The molecule has 33 heavy (non-hydrogen) atoms. The Bertz CT molecular complexity index is 935. The Balaban J connectivity index is 1.18. The van der Waals surface area contributed by atoms with Gasteiger partial charge in [0.15, 0.2) is 0 Å². The predicted octanol–water partition coefficient (Wildman–Crippen LogP) is 4.05. The average molecular weight is 448 g/mol. The number of rotatable bonds is 6.